The minimum Gasteiger partial charge on any atom is -0.494 e. The highest BCUT2D eigenvalue weighted by atomic mass is 16.6. The zero-order chi connectivity index (χ0) is 35.8. The summed E-state index contributed by atoms with van der Waals surface area (Å²) in [5.74, 6) is -0.546. The van der Waals surface area contributed by atoms with E-state index in [1.54, 1.807) is 30.9 Å². The molecule has 0 fully saturated rings. The maximum atomic E-state index is 12.9. The molecule has 0 spiro atoms. The van der Waals surface area contributed by atoms with Gasteiger partial charge in [0.15, 0.2) is 5.65 Å². The van der Waals surface area contributed by atoms with Gasteiger partial charge in [0.25, 0.3) is 0 Å². The summed E-state index contributed by atoms with van der Waals surface area (Å²) in [7, 11) is 1.82. The van der Waals surface area contributed by atoms with Crippen molar-refractivity contribution in [1.82, 2.24) is 24.3 Å². The molecule has 51 heavy (non-hydrogen) atoms. The highest BCUT2D eigenvalue weighted by molar-refractivity contribution is 6.02. The number of nitrogens with zero attached hydrogens (tertiary/aromatic N) is 6. The second-order valence-electron chi connectivity index (χ2n) is 13.1. The number of carboxylic acids is 1. The van der Waals surface area contributed by atoms with Gasteiger partial charge in [0.2, 0.25) is 5.54 Å². The molecule has 256 valence electrons. The maximum Gasteiger partial charge on any atom is 0.339 e. The van der Waals surface area contributed by atoms with Crippen molar-refractivity contribution in [2.45, 2.75) is 37.8 Å². The molecule has 3 heterocycles. The Morgan fingerprint density at radius 3 is 2.04 bits per heavy atom. The van der Waals surface area contributed by atoms with Crippen LogP contribution in [0.5, 0.6) is 5.75 Å². The van der Waals surface area contributed by atoms with E-state index in [9.17, 15) is 20.0 Å². The lowest BCUT2D eigenvalue weighted by molar-refractivity contribution is -0.561. The smallest absolute Gasteiger partial charge is 0.339 e. The molecule has 0 aliphatic heterocycles. The average Bonchev–Trinajstić information content (AvgIpc) is 3.69. The van der Waals surface area contributed by atoms with Crippen LogP contribution in [-0.2, 0) is 12.6 Å². The third-order valence-corrected chi connectivity index (χ3v) is 9.42. The van der Waals surface area contributed by atoms with Gasteiger partial charge < -0.3 is 14.4 Å². The molecule has 0 amide bonds. The molecule has 7 rings (SSSR count). The van der Waals surface area contributed by atoms with Gasteiger partial charge >= 0.3 is 5.97 Å². The Morgan fingerprint density at radius 2 is 1.49 bits per heavy atom. The lowest BCUT2D eigenvalue weighted by Gasteiger charge is -2.38. The molecule has 0 atom stereocenters. The summed E-state index contributed by atoms with van der Waals surface area (Å²) in [6.45, 7) is 3.52. The quantitative estimate of drug-likeness (QED) is 0.0599. The highest BCUT2D eigenvalue weighted by Gasteiger charge is 2.41. The average molecular weight is 681 g/mol. The predicted molar refractivity (Wildman–Crippen MR) is 195 cm³/mol. The molecule has 11 heteroatoms. The van der Waals surface area contributed by atoms with E-state index >= 15 is 0 Å². The van der Waals surface area contributed by atoms with Gasteiger partial charge in [0.05, 0.1) is 18.3 Å². The van der Waals surface area contributed by atoms with E-state index in [1.807, 2.05) is 121 Å². The minimum absolute atomic E-state index is 0.00780. The summed E-state index contributed by atoms with van der Waals surface area (Å²) in [6.07, 6.45) is 4.15. The number of carbonyl (C=O) groups is 1. The molecule has 0 bridgehead atoms. The fourth-order valence-electron chi connectivity index (χ4n) is 6.78. The first kappa shape index (κ1) is 33.2. The second kappa shape index (κ2) is 13.2. The molecule has 0 unspecified atom stereocenters. The number of carboxylic acid groups (broad SMARTS) is 1. The monoisotopic (exact) mass is 680 g/mol. The van der Waals surface area contributed by atoms with Gasteiger partial charge in [0, 0.05) is 43.8 Å². The van der Waals surface area contributed by atoms with Crippen LogP contribution in [0.3, 0.4) is 0 Å². The van der Waals surface area contributed by atoms with Gasteiger partial charge in [-0.05, 0) is 41.3 Å². The number of aromatic nitrogens is 5. The van der Waals surface area contributed by atoms with Crippen LogP contribution in [0.2, 0.25) is 0 Å². The normalized spacial score (nSPS) is 12.0. The zero-order valence-electron chi connectivity index (χ0n) is 28.4. The summed E-state index contributed by atoms with van der Waals surface area (Å²) in [6, 6.07) is 35.5. The first-order valence-electron chi connectivity index (χ1n) is 16.6. The number of hydrogen-bond donors (Lipinski definition) is 1. The number of nitro groups is 1. The number of benzene rings is 4. The molecule has 7 aromatic rings. The fourth-order valence-corrected chi connectivity index (χ4v) is 6.78. The Balaban J connectivity index is 1.37. The Kier molecular flexibility index (Phi) is 8.56. The highest BCUT2D eigenvalue weighted by Crippen LogP contribution is 2.43. The Labute approximate surface area is 293 Å². The fraction of sp³-hybridized carbons (Fsp3) is 0.200. The molecule has 0 radical (unpaired) electrons. The minimum atomic E-state index is -1.13. The van der Waals surface area contributed by atoms with Crippen LogP contribution in [-0.4, -0.2) is 52.5 Å². The van der Waals surface area contributed by atoms with Crippen LogP contribution in [0.4, 0.5) is 0 Å². The molecule has 0 saturated heterocycles. The van der Waals surface area contributed by atoms with E-state index in [0.717, 1.165) is 27.6 Å². The topological polar surface area (TPSA) is 138 Å². The van der Waals surface area contributed by atoms with Crippen molar-refractivity contribution >= 4 is 28.0 Å². The number of aromatic carboxylic acids is 1. The van der Waals surface area contributed by atoms with Gasteiger partial charge in [0.1, 0.15) is 33.8 Å². The van der Waals surface area contributed by atoms with Crippen molar-refractivity contribution in [2.24, 2.45) is 7.05 Å². The van der Waals surface area contributed by atoms with E-state index in [2.05, 4.69) is 0 Å². The van der Waals surface area contributed by atoms with E-state index < -0.39 is 17.0 Å². The van der Waals surface area contributed by atoms with E-state index in [-0.39, 0.29) is 16.0 Å². The molecule has 3 aromatic heterocycles. The first-order chi connectivity index (χ1) is 24.6. The maximum absolute atomic E-state index is 12.9. The van der Waals surface area contributed by atoms with Crippen molar-refractivity contribution in [3.63, 3.8) is 0 Å². The van der Waals surface area contributed by atoms with Gasteiger partial charge in [-0.25, -0.2) is 14.8 Å². The van der Waals surface area contributed by atoms with Crippen molar-refractivity contribution in [1.29, 1.82) is 0 Å². The SMILES string of the molecule is Cn1nc(-c2cnc3c(n2)c(C(=O)O)cn3C(c2ccccc2)(c2ccccc2)c2ccccc2)c2cc(OCCCC(C)(C)[N+](=O)[O-])ccc21. The number of hydrogen-bond acceptors (Lipinski definition) is 7. The number of rotatable bonds is 12. The van der Waals surface area contributed by atoms with Crippen LogP contribution in [0.15, 0.2) is 122 Å². The molecule has 1 N–H and O–H groups in total. The number of fused-ring (bicyclic) bond motifs is 2. The van der Waals surface area contributed by atoms with Crippen molar-refractivity contribution < 1.29 is 19.6 Å². The summed E-state index contributed by atoms with van der Waals surface area (Å²) >= 11 is 0. The lowest BCUT2D eigenvalue weighted by Crippen LogP contribution is -2.37. The molecule has 0 aliphatic rings. The number of ether oxygens (including phenoxy) is 1. The largest absolute Gasteiger partial charge is 0.494 e. The van der Waals surface area contributed by atoms with Crippen LogP contribution < -0.4 is 4.74 Å². The van der Waals surface area contributed by atoms with Gasteiger partial charge in [-0.3, -0.25) is 14.8 Å². The van der Waals surface area contributed by atoms with Crippen LogP contribution in [0, 0.1) is 10.1 Å². The van der Waals surface area contributed by atoms with Crippen molar-refractivity contribution in [3.8, 4) is 17.1 Å². The van der Waals surface area contributed by atoms with Crippen LogP contribution in [0.1, 0.15) is 53.7 Å². The predicted octanol–water partition coefficient (Wildman–Crippen LogP) is 7.74. The summed E-state index contributed by atoms with van der Waals surface area (Å²) in [4.78, 5) is 33.9. The third-order valence-electron chi connectivity index (χ3n) is 9.42. The Hall–Kier alpha value is -6.36. The molecule has 4 aromatic carbocycles. The van der Waals surface area contributed by atoms with Crippen molar-refractivity contribution in [3.05, 3.63) is 154 Å². The molecular formula is C40H36N6O5. The second-order valence-corrected chi connectivity index (χ2v) is 13.1. The van der Waals surface area contributed by atoms with Crippen molar-refractivity contribution in [2.75, 3.05) is 6.61 Å². The lowest BCUT2D eigenvalue weighted by atomic mass is 9.76. The van der Waals surface area contributed by atoms with Crippen LogP contribution >= 0.6 is 0 Å². The summed E-state index contributed by atoms with van der Waals surface area (Å²) < 4.78 is 9.65. The van der Waals surface area contributed by atoms with Gasteiger partial charge in [-0.15, -0.1) is 0 Å². The first-order valence-corrected chi connectivity index (χ1v) is 16.6. The van der Waals surface area contributed by atoms with Gasteiger partial charge in [-0.1, -0.05) is 91.0 Å². The molecule has 0 aliphatic carbocycles. The summed E-state index contributed by atoms with van der Waals surface area (Å²) in [5, 5.41) is 27.4. The Bertz CT molecular complexity index is 2270. The molecule has 0 saturated carbocycles. The van der Waals surface area contributed by atoms with E-state index in [0.29, 0.717) is 42.2 Å². The van der Waals surface area contributed by atoms with E-state index in [1.165, 1.54) is 0 Å². The van der Waals surface area contributed by atoms with Crippen LogP contribution in [0.25, 0.3) is 33.5 Å². The van der Waals surface area contributed by atoms with Gasteiger partial charge in [-0.2, -0.15) is 5.10 Å². The number of aryl methyl sites for hydroxylation is 1. The Morgan fingerprint density at radius 1 is 0.902 bits per heavy atom. The van der Waals surface area contributed by atoms with E-state index in [4.69, 9.17) is 19.8 Å². The molecular weight excluding hydrogens is 644 g/mol. The molecule has 11 nitrogen and oxygen atoms in total. The standard InChI is InChI=1S/C40H36N6O5/c1-39(2,46(49)50)22-13-23-51-30-20-21-34-31(24-30)35(43-44(34)3)33-25-41-37-36(42-33)32(38(47)48)26-45(37)40(27-14-7-4-8-15-27,28-16-9-5-10-17-28)29-18-11-6-12-19-29/h4-12,14-21,24-26H,13,22-23H2,1-3H3,(H,47,48). The third kappa shape index (κ3) is 5.86. The zero-order valence-corrected chi connectivity index (χ0v) is 28.4. The summed E-state index contributed by atoms with van der Waals surface area (Å²) in [5.41, 5.74) is 3.12.